The number of esters is 2. The lowest BCUT2D eigenvalue weighted by molar-refractivity contribution is -0.188. The molecule has 0 aliphatic carbocycles. The Morgan fingerprint density at radius 3 is 2.39 bits per heavy atom. The second kappa shape index (κ2) is 9.86. The first-order valence-electron chi connectivity index (χ1n) is 10.9. The van der Waals surface area contributed by atoms with Gasteiger partial charge in [0.25, 0.3) is 11.8 Å². The summed E-state index contributed by atoms with van der Waals surface area (Å²) in [6.45, 7) is 7.28. The van der Waals surface area contributed by atoms with Gasteiger partial charge < -0.3 is 24.0 Å². The summed E-state index contributed by atoms with van der Waals surface area (Å²) >= 11 is 0. The summed E-state index contributed by atoms with van der Waals surface area (Å²) in [6, 6.07) is 3.71. The molecule has 180 valence electrons. The third-order valence-electron chi connectivity index (χ3n) is 5.16. The number of ether oxygens (including phenoxy) is 3. The molecule has 9 nitrogen and oxygen atoms in total. The van der Waals surface area contributed by atoms with Crippen LogP contribution in [0, 0.1) is 5.82 Å². The maximum absolute atomic E-state index is 14.4. The van der Waals surface area contributed by atoms with Crippen molar-refractivity contribution < 1.29 is 37.8 Å². The van der Waals surface area contributed by atoms with Gasteiger partial charge in [0.1, 0.15) is 11.4 Å². The van der Waals surface area contributed by atoms with E-state index < -0.39 is 41.5 Å². The molecule has 1 aromatic rings. The van der Waals surface area contributed by atoms with Crippen LogP contribution in [0.3, 0.4) is 0 Å². The van der Waals surface area contributed by atoms with Gasteiger partial charge in [0.05, 0.1) is 6.61 Å². The van der Waals surface area contributed by atoms with Gasteiger partial charge in [-0.1, -0.05) is 0 Å². The fourth-order valence-corrected chi connectivity index (χ4v) is 3.81. The molecule has 33 heavy (non-hydrogen) atoms. The van der Waals surface area contributed by atoms with E-state index in [0.29, 0.717) is 13.1 Å². The number of anilines is 1. The van der Waals surface area contributed by atoms with E-state index in [1.165, 1.54) is 11.0 Å². The summed E-state index contributed by atoms with van der Waals surface area (Å²) in [5.41, 5.74) is -0.603. The van der Waals surface area contributed by atoms with Gasteiger partial charge >= 0.3 is 11.9 Å². The molecule has 10 heteroatoms. The minimum absolute atomic E-state index is 0.00286. The molecule has 0 radical (unpaired) electrons. The highest BCUT2D eigenvalue weighted by Gasteiger charge is 2.44. The first-order valence-corrected chi connectivity index (χ1v) is 10.9. The number of hydrogen-bond acceptors (Lipinski definition) is 7. The highest BCUT2D eigenvalue weighted by atomic mass is 19.1. The van der Waals surface area contributed by atoms with Crippen molar-refractivity contribution in [2.24, 2.45) is 0 Å². The number of hydrogen-bond donors (Lipinski definition) is 0. The molecule has 2 saturated heterocycles. The van der Waals surface area contributed by atoms with Gasteiger partial charge in [0, 0.05) is 37.8 Å². The zero-order chi connectivity index (χ0) is 24.3. The first kappa shape index (κ1) is 24.6. The fourth-order valence-electron chi connectivity index (χ4n) is 3.81. The SMILES string of the molecule is CC(=O)O[C@@H](C(=O)OC(C)(C)C)[C@H]1OCCN(c2cc(F)cc(C(=O)N3CCCC3)c2)C1=O. The number of morpholine rings is 1. The summed E-state index contributed by atoms with van der Waals surface area (Å²) < 4.78 is 30.3. The van der Waals surface area contributed by atoms with Gasteiger partial charge in [0.2, 0.25) is 6.10 Å². The van der Waals surface area contributed by atoms with Crippen LogP contribution in [-0.2, 0) is 28.6 Å². The molecule has 0 spiro atoms. The standard InChI is InChI=1S/C23H29FN2O7/c1-14(27)32-19(22(30)33-23(2,3)4)18-21(29)26(9-10-31-18)17-12-15(11-16(24)13-17)20(28)25-7-5-6-8-25/h11-13,18-19H,5-10H2,1-4H3/t18-,19-/m1/s1. The minimum atomic E-state index is -1.63. The lowest BCUT2D eigenvalue weighted by atomic mass is 10.1. The first-order chi connectivity index (χ1) is 15.5. The van der Waals surface area contributed by atoms with E-state index in [-0.39, 0.29) is 30.3 Å². The monoisotopic (exact) mass is 464 g/mol. The molecule has 2 amide bonds. The number of amides is 2. The third-order valence-corrected chi connectivity index (χ3v) is 5.16. The van der Waals surface area contributed by atoms with E-state index in [1.54, 1.807) is 25.7 Å². The molecule has 2 fully saturated rings. The highest BCUT2D eigenvalue weighted by Crippen LogP contribution is 2.26. The second-order valence-electron chi connectivity index (χ2n) is 9.04. The molecular formula is C23H29FN2O7. The maximum Gasteiger partial charge on any atom is 0.351 e. The van der Waals surface area contributed by atoms with E-state index in [4.69, 9.17) is 14.2 Å². The number of halogens is 1. The molecule has 1 aromatic carbocycles. The zero-order valence-corrected chi connectivity index (χ0v) is 19.3. The van der Waals surface area contributed by atoms with Crippen molar-refractivity contribution in [3.8, 4) is 0 Å². The summed E-state index contributed by atoms with van der Waals surface area (Å²) in [7, 11) is 0. The average Bonchev–Trinajstić information content (AvgIpc) is 3.25. The van der Waals surface area contributed by atoms with Crippen molar-refractivity contribution in [3.05, 3.63) is 29.6 Å². The molecule has 0 bridgehead atoms. The van der Waals surface area contributed by atoms with Gasteiger partial charge in [-0.2, -0.15) is 0 Å². The largest absolute Gasteiger partial charge is 0.457 e. The van der Waals surface area contributed by atoms with E-state index in [9.17, 15) is 23.6 Å². The van der Waals surface area contributed by atoms with E-state index in [1.807, 2.05) is 0 Å². The van der Waals surface area contributed by atoms with Gasteiger partial charge in [0.15, 0.2) is 6.10 Å². The Morgan fingerprint density at radius 2 is 1.79 bits per heavy atom. The predicted octanol–water partition coefficient (Wildman–Crippen LogP) is 2.07. The van der Waals surface area contributed by atoms with Crippen LogP contribution in [0.2, 0.25) is 0 Å². The van der Waals surface area contributed by atoms with E-state index in [2.05, 4.69) is 0 Å². The number of rotatable bonds is 5. The van der Waals surface area contributed by atoms with Gasteiger partial charge in [-0.15, -0.1) is 0 Å². The van der Waals surface area contributed by atoms with Crippen LogP contribution in [0.15, 0.2) is 18.2 Å². The highest BCUT2D eigenvalue weighted by molar-refractivity contribution is 6.02. The molecule has 3 rings (SSSR count). The smallest absolute Gasteiger partial charge is 0.351 e. The lowest BCUT2D eigenvalue weighted by Gasteiger charge is -2.35. The second-order valence-corrected chi connectivity index (χ2v) is 9.04. The topological polar surface area (TPSA) is 102 Å². The van der Waals surface area contributed by atoms with Crippen molar-refractivity contribution in [2.45, 2.75) is 58.3 Å². The fraction of sp³-hybridized carbons (Fsp3) is 0.565. The predicted molar refractivity (Wildman–Crippen MR) is 115 cm³/mol. The Bertz CT molecular complexity index is 937. The van der Waals surface area contributed by atoms with Gasteiger partial charge in [-0.05, 0) is 51.8 Å². The van der Waals surface area contributed by atoms with Crippen molar-refractivity contribution in [3.63, 3.8) is 0 Å². The minimum Gasteiger partial charge on any atom is -0.457 e. The van der Waals surface area contributed by atoms with Crippen LogP contribution in [0.5, 0.6) is 0 Å². The number of carbonyl (C=O) groups is 4. The van der Waals surface area contributed by atoms with Crippen molar-refractivity contribution in [1.82, 2.24) is 4.90 Å². The molecule has 2 aliphatic rings. The Morgan fingerprint density at radius 1 is 1.12 bits per heavy atom. The molecule has 0 N–H and O–H groups in total. The van der Waals surface area contributed by atoms with Crippen LogP contribution in [0.4, 0.5) is 10.1 Å². The summed E-state index contributed by atoms with van der Waals surface area (Å²) in [5, 5.41) is 0. The Balaban J connectivity index is 1.87. The molecule has 0 unspecified atom stereocenters. The Kier molecular flexibility index (Phi) is 7.36. The molecule has 0 saturated carbocycles. The molecular weight excluding hydrogens is 435 g/mol. The van der Waals surface area contributed by atoms with Crippen LogP contribution >= 0.6 is 0 Å². The zero-order valence-electron chi connectivity index (χ0n) is 19.3. The van der Waals surface area contributed by atoms with E-state index >= 15 is 0 Å². The number of benzene rings is 1. The summed E-state index contributed by atoms with van der Waals surface area (Å²) in [5.74, 6) is -3.40. The summed E-state index contributed by atoms with van der Waals surface area (Å²) in [6.07, 6.45) is -1.32. The number of nitrogens with zero attached hydrogens (tertiary/aromatic N) is 2. The summed E-state index contributed by atoms with van der Waals surface area (Å²) in [4.78, 5) is 53.1. The van der Waals surface area contributed by atoms with Crippen LogP contribution in [0.1, 0.15) is 50.9 Å². The molecule has 0 aromatic heterocycles. The quantitative estimate of drug-likeness (QED) is 0.615. The normalized spacial score (nSPS) is 19.9. The number of carbonyl (C=O) groups excluding carboxylic acids is 4. The Hall–Kier alpha value is -3.01. The van der Waals surface area contributed by atoms with E-state index in [0.717, 1.165) is 31.9 Å². The van der Waals surface area contributed by atoms with Crippen molar-refractivity contribution >= 4 is 29.4 Å². The van der Waals surface area contributed by atoms with Gasteiger partial charge in [-0.3, -0.25) is 14.4 Å². The lowest BCUT2D eigenvalue weighted by Crippen LogP contribution is -2.56. The molecule has 2 atom stereocenters. The maximum atomic E-state index is 14.4. The average molecular weight is 464 g/mol. The van der Waals surface area contributed by atoms with Crippen molar-refractivity contribution in [2.75, 3.05) is 31.1 Å². The Labute approximate surface area is 191 Å². The van der Waals surface area contributed by atoms with Crippen molar-refractivity contribution in [1.29, 1.82) is 0 Å². The molecule has 2 heterocycles. The number of likely N-dealkylation sites (tertiary alicyclic amines) is 1. The van der Waals surface area contributed by atoms with Crippen LogP contribution in [0.25, 0.3) is 0 Å². The van der Waals surface area contributed by atoms with Crippen LogP contribution in [-0.4, -0.2) is 72.7 Å². The molecule has 2 aliphatic heterocycles. The van der Waals surface area contributed by atoms with Gasteiger partial charge in [-0.25, -0.2) is 9.18 Å². The van der Waals surface area contributed by atoms with Crippen LogP contribution < -0.4 is 4.90 Å². The third kappa shape index (κ3) is 6.07.